The summed E-state index contributed by atoms with van der Waals surface area (Å²) < 4.78 is 23.9. The Bertz CT molecular complexity index is 489. The Kier molecular flexibility index (Phi) is 3.67. The number of piperidine rings is 1. The van der Waals surface area contributed by atoms with Crippen molar-refractivity contribution in [2.45, 2.75) is 18.1 Å². The maximum Gasteiger partial charge on any atom is 0.225 e. The lowest BCUT2D eigenvalue weighted by Gasteiger charge is -2.31. The van der Waals surface area contributed by atoms with Gasteiger partial charge in [0, 0.05) is 31.7 Å². The third-order valence-electron chi connectivity index (χ3n) is 2.87. The van der Waals surface area contributed by atoms with Crippen molar-refractivity contribution in [3.63, 3.8) is 0 Å². The number of hydrogen-bond acceptors (Lipinski definition) is 5. The molecule has 5 nitrogen and oxygen atoms in total. The van der Waals surface area contributed by atoms with Crippen LogP contribution in [0.5, 0.6) is 0 Å². The number of anilines is 1. The molecule has 1 aliphatic heterocycles. The molecular formula is C10H14BrN3O2S. The highest BCUT2D eigenvalue weighted by molar-refractivity contribution is 9.10. The van der Waals surface area contributed by atoms with Crippen molar-refractivity contribution >= 4 is 31.7 Å². The number of aromatic nitrogens is 2. The summed E-state index contributed by atoms with van der Waals surface area (Å²) in [5, 5.41) is -0.302. The molecule has 0 aromatic carbocycles. The van der Waals surface area contributed by atoms with E-state index < -0.39 is 9.84 Å². The number of sulfone groups is 1. The molecule has 17 heavy (non-hydrogen) atoms. The summed E-state index contributed by atoms with van der Waals surface area (Å²) in [6, 6.07) is 0. The van der Waals surface area contributed by atoms with Gasteiger partial charge < -0.3 is 4.90 Å². The van der Waals surface area contributed by atoms with E-state index in [4.69, 9.17) is 0 Å². The molecule has 1 unspecified atom stereocenters. The van der Waals surface area contributed by atoms with Crippen LogP contribution < -0.4 is 4.90 Å². The first kappa shape index (κ1) is 12.8. The zero-order chi connectivity index (χ0) is 12.5. The average molecular weight is 320 g/mol. The minimum Gasteiger partial charge on any atom is -0.340 e. The van der Waals surface area contributed by atoms with Crippen LogP contribution >= 0.6 is 15.9 Å². The van der Waals surface area contributed by atoms with Crippen LogP contribution in [0, 0.1) is 0 Å². The molecule has 2 heterocycles. The van der Waals surface area contributed by atoms with Crippen molar-refractivity contribution in [2.75, 3.05) is 24.2 Å². The molecule has 0 saturated carbocycles. The van der Waals surface area contributed by atoms with E-state index in [9.17, 15) is 8.42 Å². The average Bonchev–Trinajstić information content (AvgIpc) is 2.29. The van der Waals surface area contributed by atoms with Gasteiger partial charge in [-0.25, -0.2) is 18.4 Å². The van der Waals surface area contributed by atoms with E-state index in [1.54, 1.807) is 12.4 Å². The minimum atomic E-state index is -2.98. The standard InChI is InChI=1S/C10H14BrN3O2S/c1-17(15,16)9-3-2-4-14(7-9)10-12-5-8(11)6-13-10/h5-6,9H,2-4,7H2,1H3. The van der Waals surface area contributed by atoms with Crippen LogP contribution in [0.3, 0.4) is 0 Å². The second-order valence-corrected chi connectivity index (χ2v) is 7.48. The third kappa shape index (κ3) is 3.16. The summed E-state index contributed by atoms with van der Waals surface area (Å²) in [5.41, 5.74) is 0. The van der Waals surface area contributed by atoms with Gasteiger partial charge in [-0.05, 0) is 28.8 Å². The van der Waals surface area contributed by atoms with E-state index in [1.165, 1.54) is 6.26 Å². The zero-order valence-electron chi connectivity index (χ0n) is 9.50. The molecule has 94 valence electrons. The van der Waals surface area contributed by atoms with Crippen molar-refractivity contribution in [1.82, 2.24) is 9.97 Å². The van der Waals surface area contributed by atoms with E-state index in [0.717, 1.165) is 23.9 Å². The topological polar surface area (TPSA) is 63.2 Å². The van der Waals surface area contributed by atoms with E-state index in [0.29, 0.717) is 12.5 Å². The van der Waals surface area contributed by atoms with Crippen molar-refractivity contribution in [1.29, 1.82) is 0 Å². The lowest BCUT2D eigenvalue weighted by Crippen LogP contribution is -2.42. The molecule has 2 rings (SSSR count). The van der Waals surface area contributed by atoms with Crippen LogP contribution in [0.2, 0.25) is 0 Å². The van der Waals surface area contributed by atoms with Crippen LogP contribution in [0.1, 0.15) is 12.8 Å². The molecule has 1 aromatic heterocycles. The van der Waals surface area contributed by atoms with Crippen LogP contribution in [0.4, 0.5) is 5.95 Å². The zero-order valence-corrected chi connectivity index (χ0v) is 11.9. The van der Waals surface area contributed by atoms with Gasteiger partial charge in [-0.2, -0.15) is 0 Å². The summed E-state index contributed by atoms with van der Waals surface area (Å²) in [6.07, 6.45) is 6.23. The first-order valence-corrected chi connectivity index (χ1v) is 8.13. The van der Waals surface area contributed by atoms with E-state index in [2.05, 4.69) is 25.9 Å². The molecule has 1 saturated heterocycles. The molecule has 7 heteroatoms. The molecule has 1 aromatic rings. The van der Waals surface area contributed by atoms with E-state index in [-0.39, 0.29) is 5.25 Å². The second-order valence-electron chi connectivity index (χ2n) is 4.24. The summed E-state index contributed by atoms with van der Waals surface area (Å²) in [4.78, 5) is 10.3. The lowest BCUT2D eigenvalue weighted by atomic mass is 10.1. The fourth-order valence-corrected chi connectivity index (χ4v) is 3.19. The van der Waals surface area contributed by atoms with Gasteiger partial charge in [0.2, 0.25) is 5.95 Å². The summed E-state index contributed by atoms with van der Waals surface area (Å²) >= 11 is 3.27. The van der Waals surface area contributed by atoms with Crippen molar-refractivity contribution < 1.29 is 8.42 Å². The molecule has 1 aliphatic rings. The molecule has 1 atom stereocenters. The van der Waals surface area contributed by atoms with Crippen molar-refractivity contribution in [2.24, 2.45) is 0 Å². The van der Waals surface area contributed by atoms with E-state index >= 15 is 0 Å². The van der Waals surface area contributed by atoms with Gasteiger partial charge in [0.05, 0.1) is 9.72 Å². The number of halogens is 1. The summed E-state index contributed by atoms with van der Waals surface area (Å²) in [6.45, 7) is 1.30. The first-order valence-electron chi connectivity index (χ1n) is 5.38. The van der Waals surface area contributed by atoms with Crippen molar-refractivity contribution in [3.05, 3.63) is 16.9 Å². The van der Waals surface area contributed by atoms with Gasteiger partial charge in [0.25, 0.3) is 0 Å². The first-order chi connectivity index (χ1) is 7.97. The highest BCUT2D eigenvalue weighted by Gasteiger charge is 2.28. The van der Waals surface area contributed by atoms with Crippen LogP contribution in [-0.4, -0.2) is 43.0 Å². The fraction of sp³-hybridized carbons (Fsp3) is 0.600. The molecule has 0 spiro atoms. The van der Waals surface area contributed by atoms with Crippen LogP contribution in [0.15, 0.2) is 16.9 Å². The van der Waals surface area contributed by atoms with Crippen molar-refractivity contribution in [3.8, 4) is 0 Å². The molecular weight excluding hydrogens is 306 g/mol. The monoisotopic (exact) mass is 319 g/mol. The lowest BCUT2D eigenvalue weighted by molar-refractivity contribution is 0.531. The van der Waals surface area contributed by atoms with Gasteiger partial charge in [-0.3, -0.25) is 0 Å². The minimum absolute atomic E-state index is 0.302. The molecule has 1 fully saturated rings. The Hall–Kier alpha value is -0.690. The molecule has 0 bridgehead atoms. The molecule has 0 aliphatic carbocycles. The largest absolute Gasteiger partial charge is 0.340 e. The SMILES string of the molecule is CS(=O)(=O)C1CCCN(c2ncc(Br)cn2)C1. The van der Waals surface area contributed by atoms with Gasteiger partial charge in [-0.15, -0.1) is 0 Å². The summed E-state index contributed by atoms with van der Waals surface area (Å²) in [7, 11) is -2.98. The van der Waals surface area contributed by atoms with Crippen LogP contribution in [-0.2, 0) is 9.84 Å². The molecule has 0 amide bonds. The Balaban J connectivity index is 2.15. The van der Waals surface area contributed by atoms with Gasteiger partial charge in [0.1, 0.15) is 0 Å². The van der Waals surface area contributed by atoms with Crippen LogP contribution in [0.25, 0.3) is 0 Å². The van der Waals surface area contributed by atoms with Gasteiger partial charge in [-0.1, -0.05) is 0 Å². The highest BCUT2D eigenvalue weighted by Crippen LogP contribution is 2.20. The van der Waals surface area contributed by atoms with E-state index in [1.807, 2.05) is 4.90 Å². The second kappa shape index (κ2) is 4.89. The maximum atomic E-state index is 11.5. The summed E-state index contributed by atoms with van der Waals surface area (Å²) in [5.74, 6) is 0.599. The third-order valence-corrected chi connectivity index (χ3v) is 4.88. The van der Waals surface area contributed by atoms with Gasteiger partial charge >= 0.3 is 0 Å². The smallest absolute Gasteiger partial charge is 0.225 e. The Morgan fingerprint density at radius 2 is 2.06 bits per heavy atom. The quantitative estimate of drug-likeness (QED) is 0.821. The fourth-order valence-electron chi connectivity index (χ4n) is 1.94. The Morgan fingerprint density at radius 1 is 1.41 bits per heavy atom. The number of nitrogens with zero attached hydrogens (tertiary/aromatic N) is 3. The highest BCUT2D eigenvalue weighted by atomic mass is 79.9. The predicted octanol–water partition coefficient (Wildman–Crippen LogP) is 1.25. The van der Waals surface area contributed by atoms with Gasteiger partial charge in [0.15, 0.2) is 9.84 Å². The molecule has 0 radical (unpaired) electrons. The Morgan fingerprint density at radius 3 is 2.65 bits per heavy atom. The Labute approximate surface area is 109 Å². The normalized spacial score (nSPS) is 21.5. The number of rotatable bonds is 2. The maximum absolute atomic E-state index is 11.5. The molecule has 0 N–H and O–H groups in total. The predicted molar refractivity (Wildman–Crippen MR) is 69.8 cm³/mol. The number of hydrogen-bond donors (Lipinski definition) is 0.